The molecule has 102 valence electrons. The molecule has 2 N–H and O–H groups in total. The third kappa shape index (κ3) is 8.11. The Bertz CT molecular complexity index is 464. The van der Waals surface area contributed by atoms with Gasteiger partial charge in [-0.1, -0.05) is 13.8 Å². The molecule has 0 aliphatic heterocycles. The minimum atomic E-state index is -4.15. The van der Waals surface area contributed by atoms with E-state index in [0.717, 1.165) is 6.26 Å². The number of hydrogen-bond acceptors (Lipinski definition) is 5. The van der Waals surface area contributed by atoms with Crippen LogP contribution in [0.1, 0.15) is 20.3 Å². The Hall–Kier alpha value is -0.670. The van der Waals surface area contributed by atoms with Crippen LogP contribution in [0.5, 0.6) is 0 Å². The fourth-order valence-electron chi connectivity index (χ4n) is 1.20. The van der Waals surface area contributed by atoms with Crippen LogP contribution in [-0.2, 0) is 24.7 Å². The van der Waals surface area contributed by atoms with E-state index in [1.54, 1.807) is 13.8 Å². The van der Waals surface area contributed by atoms with E-state index in [2.05, 4.69) is 0 Å². The summed E-state index contributed by atoms with van der Waals surface area (Å²) < 4.78 is 46.4. The molecule has 0 aliphatic carbocycles. The number of nitrogens with one attached hydrogen (secondary N) is 1. The fraction of sp³-hybridized carbons (Fsp3) is 0.875. The molecule has 0 saturated carbocycles. The highest BCUT2D eigenvalue weighted by atomic mass is 32.3. The van der Waals surface area contributed by atoms with E-state index in [4.69, 9.17) is 5.11 Å². The van der Waals surface area contributed by atoms with Gasteiger partial charge in [0.25, 0.3) is 0 Å². The maximum Gasteiger partial charge on any atom is 0.321 e. The van der Waals surface area contributed by atoms with Crippen molar-refractivity contribution in [2.75, 3.05) is 11.3 Å². The smallest absolute Gasteiger partial charge is 0.321 e. The lowest BCUT2D eigenvalue weighted by molar-refractivity contribution is -0.139. The Kier molecular flexibility index (Phi) is 5.56. The van der Waals surface area contributed by atoms with Gasteiger partial charge in [0, 0.05) is 6.26 Å². The molecule has 17 heavy (non-hydrogen) atoms. The summed E-state index contributed by atoms with van der Waals surface area (Å²) in [6, 6.07) is -1.30. The maximum atomic E-state index is 11.4. The van der Waals surface area contributed by atoms with E-state index in [1.807, 2.05) is 4.72 Å². The van der Waals surface area contributed by atoms with E-state index in [-0.39, 0.29) is 12.3 Å². The zero-order chi connectivity index (χ0) is 13.9. The first-order valence-corrected chi connectivity index (χ1v) is 8.55. The zero-order valence-corrected chi connectivity index (χ0v) is 11.5. The van der Waals surface area contributed by atoms with Gasteiger partial charge in [0.1, 0.15) is 6.04 Å². The lowest BCUT2D eigenvalue weighted by Gasteiger charge is -2.16. The Balaban J connectivity index is 4.83. The normalized spacial score (nSPS) is 14.8. The van der Waals surface area contributed by atoms with Gasteiger partial charge in [-0.15, -0.1) is 0 Å². The highest BCUT2D eigenvalue weighted by Gasteiger charge is 2.27. The number of rotatable bonds is 7. The van der Waals surface area contributed by atoms with Gasteiger partial charge in [0.2, 0.25) is 10.0 Å². The molecule has 0 saturated heterocycles. The minimum Gasteiger partial charge on any atom is -0.480 e. The highest BCUT2D eigenvalue weighted by Crippen LogP contribution is 2.07. The van der Waals surface area contributed by atoms with Crippen molar-refractivity contribution < 1.29 is 26.7 Å². The molecule has 0 aliphatic rings. The SMILES string of the molecule is CC(C)C[C@H](NS(=O)(=O)CS(C)(=O)=O)C(=O)O. The molecular formula is C8H17NO6S2. The Morgan fingerprint density at radius 2 is 1.71 bits per heavy atom. The average Bonchev–Trinajstić information content (AvgIpc) is 1.95. The average molecular weight is 287 g/mol. The lowest BCUT2D eigenvalue weighted by atomic mass is 10.1. The van der Waals surface area contributed by atoms with E-state index in [0.29, 0.717) is 0 Å². The molecule has 0 rings (SSSR count). The molecule has 0 aromatic rings. The van der Waals surface area contributed by atoms with Crippen LogP contribution in [0.25, 0.3) is 0 Å². The Morgan fingerprint density at radius 3 is 2.00 bits per heavy atom. The Labute approximate surface area is 101 Å². The van der Waals surface area contributed by atoms with Gasteiger partial charge in [0.15, 0.2) is 14.9 Å². The maximum absolute atomic E-state index is 11.4. The van der Waals surface area contributed by atoms with Gasteiger partial charge in [-0.25, -0.2) is 21.6 Å². The lowest BCUT2D eigenvalue weighted by Crippen LogP contribution is -2.43. The van der Waals surface area contributed by atoms with Gasteiger partial charge in [-0.05, 0) is 12.3 Å². The first-order valence-electron chi connectivity index (χ1n) is 4.83. The summed E-state index contributed by atoms with van der Waals surface area (Å²) in [6.45, 7) is 3.47. The van der Waals surface area contributed by atoms with Crippen LogP contribution in [0.3, 0.4) is 0 Å². The van der Waals surface area contributed by atoms with Crippen LogP contribution in [0.4, 0.5) is 0 Å². The van der Waals surface area contributed by atoms with Crippen molar-refractivity contribution in [2.45, 2.75) is 26.3 Å². The summed E-state index contributed by atoms with van der Waals surface area (Å²) >= 11 is 0. The summed E-state index contributed by atoms with van der Waals surface area (Å²) in [5.41, 5.74) is 0. The molecule has 0 radical (unpaired) electrons. The van der Waals surface area contributed by atoms with Crippen molar-refractivity contribution in [3.8, 4) is 0 Å². The second-order valence-electron chi connectivity index (χ2n) is 4.30. The summed E-state index contributed by atoms with van der Waals surface area (Å²) in [5.74, 6) is -1.35. The second kappa shape index (κ2) is 5.78. The molecule has 0 spiro atoms. The zero-order valence-electron chi connectivity index (χ0n) is 9.87. The molecule has 0 aromatic heterocycles. The number of carboxylic acids is 1. The molecule has 1 atom stereocenters. The topological polar surface area (TPSA) is 118 Å². The number of sulfonamides is 1. The van der Waals surface area contributed by atoms with Crippen molar-refractivity contribution in [1.82, 2.24) is 4.72 Å². The fourth-order valence-corrected chi connectivity index (χ4v) is 4.36. The molecule has 0 aromatic carbocycles. The van der Waals surface area contributed by atoms with Crippen LogP contribution in [0, 0.1) is 5.92 Å². The number of carboxylic acid groups (broad SMARTS) is 1. The predicted molar refractivity (Wildman–Crippen MR) is 62.6 cm³/mol. The minimum absolute atomic E-state index is 0.0305. The number of hydrogen-bond donors (Lipinski definition) is 2. The molecule has 0 fully saturated rings. The van der Waals surface area contributed by atoms with Gasteiger partial charge in [-0.3, -0.25) is 4.79 Å². The summed E-state index contributed by atoms with van der Waals surface area (Å²) in [5, 5.41) is 7.70. The predicted octanol–water partition coefficient (Wildman–Crippen LogP) is -0.593. The molecular weight excluding hydrogens is 270 g/mol. The van der Waals surface area contributed by atoms with Gasteiger partial charge < -0.3 is 5.11 Å². The second-order valence-corrected chi connectivity index (χ2v) is 8.56. The van der Waals surface area contributed by atoms with Crippen molar-refractivity contribution in [3.05, 3.63) is 0 Å². The molecule has 0 unspecified atom stereocenters. The molecule has 7 nitrogen and oxygen atoms in total. The van der Waals surface area contributed by atoms with E-state index in [1.165, 1.54) is 0 Å². The largest absolute Gasteiger partial charge is 0.480 e. The summed E-state index contributed by atoms with van der Waals surface area (Å²) in [6.07, 6.45) is 0.864. The van der Waals surface area contributed by atoms with Crippen LogP contribution >= 0.6 is 0 Å². The monoisotopic (exact) mass is 287 g/mol. The van der Waals surface area contributed by atoms with Crippen molar-refractivity contribution in [2.24, 2.45) is 5.92 Å². The van der Waals surface area contributed by atoms with Gasteiger partial charge >= 0.3 is 5.97 Å². The number of sulfone groups is 1. The number of carbonyl (C=O) groups is 1. The molecule has 0 amide bonds. The van der Waals surface area contributed by atoms with Gasteiger partial charge in [-0.2, -0.15) is 0 Å². The molecule has 0 bridgehead atoms. The quantitative estimate of drug-likeness (QED) is 0.646. The summed E-state index contributed by atoms with van der Waals surface area (Å²) in [4.78, 5) is 10.8. The van der Waals surface area contributed by atoms with Crippen molar-refractivity contribution in [1.29, 1.82) is 0 Å². The highest BCUT2D eigenvalue weighted by molar-refractivity contribution is 8.06. The van der Waals surface area contributed by atoms with E-state index >= 15 is 0 Å². The van der Waals surface area contributed by atoms with Crippen LogP contribution in [0.15, 0.2) is 0 Å². The molecule has 9 heteroatoms. The van der Waals surface area contributed by atoms with E-state index in [9.17, 15) is 21.6 Å². The Morgan fingerprint density at radius 1 is 1.24 bits per heavy atom. The third-order valence-corrected chi connectivity index (χ3v) is 5.29. The van der Waals surface area contributed by atoms with E-state index < -0.39 is 37.0 Å². The summed E-state index contributed by atoms with van der Waals surface area (Å²) in [7, 11) is -7.87. The van der Waals surface area contributed by atoms with Gasteiger partial charge in [0.05, 0.1) is 0 Å². The first kappa shape index (κ1) is 16.3. The third-order valence-electron chi connectivity index (χ3n) is 1.70. The number of aliphatic carboxylic acids is 1. The van der Waals surface area contributed by atoms with Crippen LogP contribution < -0.4 is 4.72 Å². The van der Waals surface area contributed by atoms with Crippen molar-refractivity contribution in [3.63, 3.8) is 0 Å². The first-order chi connectivity index (χ1) is 7.43. The van der Waals surface area contributed by atoms with Crippen LogP contribution in [-0.4, -0.2) is 45.3 Å². The van der Waals surface area contributed by atoms with Crippen molar-refractivity contribution >= 4 is 25.8 Å². The standard InChI is InChI=1S/C8H17NO6S2/c1-6(2)4-7(8(10)11)9-17(14,15)5-16(3,12)13/h6-7,9H,4-5H2,1-3H3,(H,10,11)/t7-/m0/s1. The molecule has 0 heterocycles. The van der Waals surface area contributed by atoms with Crippen LogP contribution in [0.2, 0.25) is 0 Å².